The zero-order valence-corrected chi connectivity index (χ0v) is 19.8. The Morgan fingerprint density at radius 2 is 1.87 bits per heavy atom. The third kappa shape index (κ3) is 6.02. The normalized spacial score (nSPS) is 11.9. The van der Waals surface area contributed by atoms with Crippen molar-refractivity contribution < 1.29 is 9.53 Å². The predicted molar refractivity (Wildman–Crippen MR) is 125 cm³/mol. The number of nitrogens with one attached hydrogen (secondary N) is 1. The topological polar surface area (TPSA) is 69.0 Å². The summed E-state index contributed by atoms with van der Waals surface area (Å²) in [4.78, 5) is 12.4. The molecule has 164 valence electrons. The summed E-state index contributed by atoms with van der Waals surface area (Å²) in [6.45, 7) is 8.88. The van der Waals surface area contributed by atoms with Crippen molar-refractivity contribution in [3.63, 3.8) is 0 Å². The molecule has 1 atom stereocenters. The highest BCUT2D eigenvalue weighted by molar-refractivity contribution is 7.99. The molecular formula is C23H27ClN4O2S. The Labute approximate surface area is 192 Å². The third-order valence-corrected chi connectivity index (χ3v) is 6.46. The minimum Gasteiger partial charge on any atom is -0.486 e. The first-order valence-corrected chi connectivity index (χ1v) is 11.5. The van der Waals surface area contributed by atoms with Gasteiger partial charge in [-0.3, -0.25) is 4.79 Å². The molecule has 0 saturated carbocycles. The van der Waals surface area contributed by atoms with Crippen LogP contribution >= 0.6 is 23.4 Å². The monoisotopic (exact) mass is 458 g/mol. The Balaban J connectivity index is 1.58. The first-order chi connectivity index (χ1) is 14.9. The second-order valence-electron chi connectivity index (χ2n) is 7.29. The molecule has 0 aliphatic carbocycles. The number of nitrogens with zero attached hydrogens (tertiary/aromatic N) is 3. The Morgan fingerprint density at radius 3 is 2.52 bits per heavy atom. The molecule has 2 aromatic carbocycles. The van der Waals surface area contributed by atoms with E-state index in [-0.39, 0.29) is 17.7 Å². The molecule has 0 aliphatic rings. The summed E-state index contributed by atoms with van der Waals surface area (Å²) in [6.07, 6.45) is 0. The molecule has 31 heavy (non-hydrogen) atoms. The molecule has 6 nitrogen and oxygen atoms in total. The molecule has 1 heterocycles. The van der Waals surface area contributed by atoms with E-state index >= 15 is 0 Å². The van der Waals surface area contributed by atoms with Gasteiger partial charge in [-0.05, 0) is 56.5 Å². The minimum absolute atomic E-state index is 0.0445. The Kier molecular flexibility index (Phi) is 7.98. The summed E-state index contributed by atoms with van der Waals surface area (Å²) >= 11 is 7.60. The zero-order valence-electron chi connectivity index (χ0n) is 18.2. The number of halogens is 1. The summed E-state index contributed by atoms with van der Waals surface area (Å²) in [5.74, 6) is 1.69. The van der Waals surface area contributed by atoms with Crippen LogP contribution in [0.1, 0.15) is 42.4 Å². The quantitative estimate of drug-likeness (QED) is 0.451. The van der Waals surface area contributed by atoms with Crippen molar-refractivity contribution in [2.75, 3.05) is 5.75 Å². The number of aryl methyl sites for hydroxylation is 2. The van der Waals surface area contributed by atoms with Crippen molar-refractivity contribution in [3.05, 3.63) is 70.0 Å². The average Bonchev–Trinajstić information content (AvgIpc) is 3.16. The Bertz CT molecular complexity index is 1020. The van der Waals surface area contributed by atoms with Gasteiger partial charge in [-0.1, -0.05) is 53.7 Å². The zero-order chi connectivity index (χ0) is 22.4. The minimum atomic E-state index is -0.0476. The van der Waals surface area contributed by atoms with E-state index in [4.69, 9.17) is 16.3 Å². The highest BCUT2D eigenvalue weighted by Crippen LogP contribution is 2.26. The van der Waals surface area contributed by atoms with E-state index in [9.17, 15) is 4.79 Å². The molecule has 1 amide bonds. The summed E-state index contributed by atoms with van der Waals surface area (Å²) < 4.78 is 7.89. The van der Waals surface area contributed by atoms with Gasteiger partial charge in [-0.15, -0.1) is 10.2 Å². The molecule has 1 aromatic heterocycles. The number of thioether (sulfide) groups is 1. The smallest absolute Gasteiger partial charge is 0.230 e. The number of carbonyl (C=O) groups is 1. The lowest BCUT2D eigenvalue weighted by Gasteiger charge is -2.14. The number of benzene rings is 2. The number of rotatable bonds is 9. The molecule has 0 aliphatic heterocycles. The van der Waals surface area contributed by atoms with E-state index in [2.05, 4.69) is 15.5 Å². The standard InChI is InChI=1S/C23H27ClN4O2S/c1-5-28-20(13-30-19-11-15(2)22(24)16(3)12-19)26-27-23(28)31-14-21(29)25-17(4)18-9-7-6-8-10-18/h6-12,17H,5,13-14H2,1-4H3,(H,25,29). The number of hydrogen-bond donors (Lipinski definition) is 1. The molecule has 0 radical (unpaired) electrons. The summed E-state index contributed by atoms with van der Waals surface area (Å²) in [7, 11) is 0. The molecule has 8 heteroatoms. The molecular weight excluding hydrogens is 432 g/mol. The Hall–Kier alpha value is -2.51. The van der Waals surface area contributed by atoms with Crippen LogP contribution in [-0.4, -0.2) is 26.4 Å². The maximum absolute atomic E-state index is 12.4. The second-order valence-corrected chi connectivity index (χ2v) is 8.61. The predicted octanol–water partition coefficient (Wildman–Crippen LogP) is 5.12. The summed E-state index contributed by atoms with van der Waals surface area (Å²) in [6, 6.07) is 13.7. The highest BCUT2D eigenvalue weighted by atomic mass is 35.5. The number of amides is 1. The van der Waals surface area contributed by atoms with Crippen molar-refractivity contribution in [1.82, 2.24) is 20.1 Å². The van der Waals surface area contributed by atoms with Crippen molar-refractivity contribution in [2.45, 2.75) is 52.0 Å². The van der Waals surface area contributed by atoms with Crippen LogP contribution in [0.2, 0.25) is 5.02 Å². The number of hydrogen-bond acceptors (Lipinski definition) is 5. The van der Waals surface area contributed by atoms with Gasteiger partial charge in [0.15, 0.2) is 11.0 Å². The van der Waals surface area contributed by atoms with E-state index in [0.717, 1.165) is 27.5 Å². The average molecular weight is 459 g/mol. The maximum atomic E-state index is 12.4. The molecule has 3 rings (SSSR count). The van der Waals surface area contributed by atoms with E-state index in [1.807, 2.05) is 74.7 Å². The van der Waals surface area contributed by atoms with Crippen LogP contribution in [0, 0.1) is 13.8 Å². The lowest BCUT2D eigenvalue weighted by atomic mass is 10.1. The van der Waals surface area contributed by atoms with Gasteiger partial charge < -0.3 is 14.6 Å². The van der Waals surface area contributed by atoms with Crippen molar-refractivity contribution >= 4 is 29.3 Å². The van der Waals surface area contributed by atoms with Crippen molar-refractivity contribution in [3.8, 4) is 5.75 Å². The van der Waals surface area contributed by atoms with Gasteiger partial charge in [0.2, 0.25) is 5.91 Å². The lowest BCUT2D eigenvalue weighted by molar-refractivity contribution is -0.119. The highest BCUT2D eigenvalue weighted by Gasteiger charge is 2.15. The van der Waals surface area contributed by atoms with Crippen LogP contribution in [0.4, 0.5) is 0 Å². The van der Waals surface area contributed by atoms with E-state index in [1.54, 1.807) is 0 Å². The summed E-state index contributed by atoms with van der Waals surface area (Å²) in [5, 5.41) is 13.0. The van der Waals surface area contributed by atoms with Crippen LogP contribution in [0.25, 0.3) is 0 Å². The molecule has 0 spiro atoms. The SMILES string of the molecule is CCn1c(COc2cc(C)c(Cl)c(C)c2)nnc1SCC(=O)NC(C)c1ccccc1. The molecule has 0 bridgehead atoms. The Morgan fingerprint density at radius 1 is 1.19 bits per heavy atom. The fourth-order valence-electron chi connectivity index (χ4n) is 3.23. The van der Waals surface area contributed by atoms with Gasteiger partial charge in [0, 0.05) is 11.6 Å². The fraction of sp³-hybridized carbons (Fsp3) is 0.348. The second kappa shape index (κ2) is 10.7. The van der Waals surface area contributed by atoms with Gasteiger partial charge >= 0.3 is 0 Å². The number of ether oxygens (including phenoxy) is 1. The van der Waals surface area contributed by atoms with Crippen molar-refractivity contribution in [2.24, 2.45) is 0 Å². The first-order valence-electron chi connectivity index (χ1n) is 10.2. The lowest BCUT2D eigenvalue weighted by Crippen LogP contribution is -2.28. The number of carbonyl (C=O) groups excluding carboxylic acids is 1. The largest absolute Gasteiger partial charge is 0.486 e. The van der Waals surface area contributed by atoms with Crippen LogP contribution in [0.15, 0.2) is 47.6 Å². The van der Waals surface area contributed by atoms with Gasteiger partial charge in [0.25, 0.3) is 0 Å². The summed E-state index contributed by atoms with van der Waals surface area (Å²) in [5.41, 5.74) is 3.02. The van der Waals surface area contributed by atoms with Crippen LogP contribution in [0.5, 0.6) is 5.75 Å². The molecule has 3 aromatic rings. The van der Waals surface area contributed by atoms with Crippen molar-refractivity contribution in [1.29, 1.82) is 0 Å². The maximum Gasteiger partial charge on any atom is 0.230 e. The molecule has 1 unspecified atom stereocenters. The number of aromatic nitrogens is 3. The van der Waals surface area contributed by atoms with Gasteiger partial charge in [-0.25, -0.2) is 0 Å². The van der Waals surface area contributed by atoms with Crippen LogP contribution < -0.4 is 10.1 Å². The first kappa shape index (κ1) is 23.2. The van der Waals surface area contributed by atoms with Gasteiger partial charge in [0.1, 0.15) is 12.4 Å². The van der Waals surface area contributed by atoms with Gasteiger partial charge in [0.05, 0.1) is 11.8 Å². The van der Waals surface area contributed by atoms with Crippen LogP contribution in [-0.2, 0) is 17.9 Å². The third-order valence-electron chi connectivity index (χ3n) is 4.90. The molecule has 1 N–H and O–H groups in total. The van der Waals surface area contributed by atoms with E-state index < -0.39 is 0 Å². The molecule has 0 fully saturated rings. The van der Waals surface area contributed by atoms with Gasteiger partial charge in [-0.2, -0.15) is 0 Å². The molecule has 0 saturated heterocycles. The van der Waals surface area contributed by atoms with Crippen LogP contribution in [0.3, 0.4) is 0 Å². The van der Waals surface area contributed by atoms with E-state index in [1.165, 1.54) is 11.8 Å². The fourth-order valence-corrected chi connectivity index (χ4v) is 4.17. The van der Waals surface area contributed by atoms with E-state index in [0.29, 0.717) is 24.1 Å².